The van der Waals surface area contributed by atoms with E-state index in [1.807, 2.05) is 41.3 Å². The molecule has 0 bridgehead atoms. The van der Waals surface area contributed by atoms with E-state index in [1.54, 1.807) is 36.5 Å². The number of nitrogens with one attached hydrogen (secondary N) is 1. The molecule has 5 rings (SSSR count). The summed E-state index contributed by atoms with van der Waals surface area (Å²) in [6.45, 7) is 0.340. The SMILES string of the molecule is O=CNc1c(CC(=O)O)ccc2c1C1C(=O)C=NC=C1N2Cc1cccc(C(=O)c2ccccc2)c1. The van der Waals surface area contributed by atoms with E-state index < -0.39 is 11.9 Å². The molecule has 8 nitrogen and oxygen atoms in total. The Morgan fingerprint density at radius 2 is 1.81 bits per heavy atom. The van der Waals surface area contributed by atoms with Gasteiger partial charge in [-0.15, -0.1) is 0 Å². The van der Waals surface area contributed by atoms with Gasteiger partial charge < -0.3 is 15.3 Å². The summed E-state index contributed by atoms with van der Waals surface area (Å²) in [4.78, 5) is 54.7. The third kappa shape index (κ3) is 4.09. The van der Waals surface area contributed by atoms with Crippen molar-refractivity contribution in [3.63, 3.8) is 0 Å². The van der Waals surface area contributed by atoms with Crippen LogP contribution in [0.3, 0.4) is 0 Å². The third-order valence-electron chi connectivity index (χ3n) is 6.30. The van der Waals surface area contributed by atoms with Crippen LogP contribution in [0.4, 0.5) is 11.4 Å². The van der Waals surface area contributed by atoms with Gasteiger partial charge in [0.15, 0.2) is 11.6 Å². The van der Waals surface area contributed by atoms with E-state index in [2.05, 4.69) is 10.3 Å². The Morgan fingerprint density at radius 1 is 1.03 bits per heavy atom. The van der Waals surface area contributed by atoms with Crippen LogP contribution in [0.2, 0.25) is 0 Å². The number of aliphatic imine (C=N–C) groups is 1. The summed E-state index contributed by atoms with van der Waals surface area (Å²) in [5, 5.41) is 12.0. The Kier molecular flexibility index (Phi) is 6.00. The molecule has 2 aliphatic heterocycles. The molecular weight excluding hydrogens is 458 g/mol. The Bertz CT molecular complexity index is 1460. The Labute approximate surface area is 206 Å². The molecule has 2 heterocycles. The zero-order chi connectivity index (χ0) is 25.2. The quantitative estimate of drug-likeness (QED) is 0.376. The van der Waals surface area contributed by atoms with Crippen molar-refractivity contribution < 1.29 is 24.3 Å². The first-order valence-corrected chi connectivity index (χ1v) is 11.3. The zero-order valence-electron chi connectivity index (χ0n) is 19.0. The maximum absolute atomic E-state index is 13.0. The van der Waals surface area contributed by atoms with Crippen LogP contribution in [-0.2, 0) is 27.3 Å². The number of ketones is 2. The standard InChI is InChI=1S/C28H21N3O5/c32-16-30-27-19(12-24(34)35)9-10-21-26(27)25-22(13-29-14-23(25)33)31(21)15-17-5-4-8-20(11-17)28(36)18-6-2-1-3-7-18/h1-11,13-14,16,25H,12,15H2,(H,30,32)(H,34,35). The van der Waals surface area contributed by atoms with Gasteiger partial charge in [0.1, 0.15) is 0 Å². The van der Waals surface area contributed by atoms with Crippen molar-refractivity contribution in [1.29, 1.82) is 0 Å². The van der Waals surface area contributed by atoms with Gasteiger partial charge in [-0.25, -0.2) is 0 Å². The molecule has 0 radical (unpaired) electrons. The lowest BCUT2D eigenvalue weighted by Crippen LogP contribution is -2.24. The third-order valence-corrected chi connectivity index (χ3v) is 6.30. The van der Waals surface area contributed by atoms with Crippen LogP contribution in [0.15, 0.2) is 83.6 Å². The van der Waals surface area contributed by atoms with Gasteiger partial charge in [-0.2, -0.15) is 0 Å². The second-order valence-corrected chi connectivity index (χ2v) is 8.51. The first kappa shape index (κ1) is 22.9. The fourth-order valence-electron chi connectivity index (χ4n) is 4.78. The average molecular weight is 479 g/mol. The zero-order valence-corrected chi connectivity index (χ0v) is 19.0. The number of hydrogen-bond donors (Lipinski definition) is 2. The monoisotopic (exact) mass is 479 g/mol. The van der Waals surface area contributed by atoms with Crippen LogP contribution in [0, 0.1) is 0 Å². The minimum atomic E-state index is -1.05. The lowest BCUT2D eigenvalue weighted by Gasteiger charge is -2.23. The molecule has 1 atom stereocenters. The number of amides is 1. The highest BCUT2D eigenvalue weighted by molar-refractivity contribution is 6.33. The Hall–Kier alpha value is -4.85. The Morgan fingerprint density at radius 3 is 2.56 bits per heavy atom. The molecule has 0 saturated heterocycles. The first-order valence-electron chi connectivity index (χ1n) is 11.3. The smallest absolute Gasteiger partial charge is 0.307 e. The van der Waals surface area contributed by atoms with Gasteiger partial charge in [-0.05, 0) is 23.3 Å². The molecule has 0 fully saturated rings. The maximum Gasteiger partial charge on any atom is 0.307 e. The summed E-state index contributed by atoms with van der Waals surface area (Å²) in [7, 11) is 0. The molecule has 0 aromatic heterocycles. The summed E-state index contributed by atoms with van der Waals surface area (Å²) in [6, 6.07) is 19.7. The fraction of sp³-hybridized carbons (Fsp3) is 0.107. The van der Waals surface area contributed by atoms with Gasteiger partial charge >= 0.3 is 5.97 Å². The number of benzene rings is 3. The van der Waals surface area contributed by atoms with E-state index in [0.29, 0.717) is 52.3 Å². The number of rotatable bonds is 8. The van der Waals surface area contributed by atoms with Gasteiger partial charge in [0.2, 0.25) is 6.41 Å². The van der Waals surface area contributed by atoms with Gasteiger partial charge in [-0.3, -0.25) is 24.2 Å². The van der Waals surface area contributed by atoms with Crippen molar-refractivity contribution in [3.8, 4) is 0 Å². The number of Topliss-reactive ketones (excluding diaryl/α,β-unsaturated/α-hetero) is 1. The summed E-state index contributed by atoms with van der Waals surface area (Å²) < 4.78 is 0. The minimum absolute atomic E-state index is 0.0930. The van der Waals surface area contributed by atoms with Crippen molar-refractivity contribution in [1.82, 2.24) is 0 Å². The minimum Gasteiger partial charge on any atom is -0.481 e. The predicted octanol–water partition coefficient (Wildman–Crippen LogP) is 3.71. The number of anilines is 2. The topological polar surface area (TPSA) is 116 Å². The molecule has 3 aromatic rings. The number of carbonyl (C=O) groups excluding carboxylic acids is 3. The lowest BCUT2D eigenvalue weighted by molar-refractivity contribution is -0.136. The predicted molar refractivity (Wildman–Crippen MR) is 134 cm³/mol. The van der Waals surface area contributed by atoms with Crippen molar-refractivity contribution >= 4 is 41.5 Å². The number of hydrogen-bond acceptors (Lipinski definition) is 6. The summed E-state index contributed by atoms with van der Waals surface area (Å²) in [6.07, 6.45) is 3.01. The molecule has 1 amide bonds. The molecule has 2 aliphatic rings. The lowest BCUT2D eigenvalue weighted by atomic mass is 9.90. The maximum atomic E-state index is 13.0. The second kappa shape index (κ2) is 9.42. The van der Waals surface area contributed by atoms with Crippen molar-refractivity contribution in [2.24, 2.45) is 4.99 Å². The molecular formula is C28H21N3O5. The van der Waals surface area contributed by atoms with Gasteiger partial charge in [0.25, 0.3) is 0 Å². The average Bonchev–Trinajstić information content (AvgIpc) is 3.20. The number of carboxylic acid groups (broad SMARTS) is 1. The molecule has 1 unspecified atom stereocenters. The normalized spacial score (nSPS) is 15.7. The molecule has 178 valence electrons. The highest BCUT2D eigenvalue weighted by Gasteiger charge is 2.41. The van der Waals surface area contributed by atoms with Gasteiger partial charge in [0, 0.05) is 35.1 Å². The number of carbonyl (C=O) groups is 4. The Balaban J connectivity index is 1.56. The van der Waals surface area contributed by atoms with E-state index in [9.17, 15) is 24.3 Å². The summed E-state index contributed by atoms with van der Waals surface area (Å²) in [5.74, 6) is -2.12. The van der Waals surface area contributed by atoms with E-state index in [-0.39, 0.29) is 18.0 Å². The van der Waals surface area contributed by atoms with Crippen LogP contribution >= 0.6 is 0 Å². The molecule has 0 saturated carbocycles. The van der Waals surface area contributed by atoms with Crippen LogP contribution in [0.1, 0.15) is 38.5 Å². The largest absolute Gasteiger partial charge is 0.481 e. The van der Waals surface area contributed by atoms with E-state index in [1.165, 1.54) is 6.21 Å². The molecule has 0 spiro atoms. The highest BCUT2D eigenvalue weighted by Crippen LogP contribution is 2.50. The summed E-state index contributed by atoms with van der Waals surface area (Å²) >= 11 is 0. The fourth-order valence-corrected chi connectivity index (χ4v) is 4.78. The van der Waals surface area contributed by atoms with Gasteiger partial charge in [0.05, 0.1) is 29.9 Å². The molecule has 8 heteroatoms. The van der Waals surface area contributed by atoms with Crippen molar-refractivity contribution in [3.05, 3.63) is 106 Å². The van der Waals surface area contributed by atoms with Crippen LogP contribution < -0.4 is 10.2 Å². The molecule has 0 aliphatic carbocycles. The van der Waals surface area contributed by atoms with Gasteiger partial charge in [-0.1, -0.05) is 54.6 Å². The summed E-state index contributed by atoms with van der Waals surface area (Å²) in [5.41, 5.74) is 4.53. The van der Waals surface area contributed by atoms with Crippen molar-refractivity contribution in [2.75, 3.05) is 10.2 Å². The number of aliphatic carboxylic acids is 1. The molecule has 36 heavy (non-hydrogen) atoms. The molecule has 2 N–H and O–H groups in total. The number of fused-ring (bicyclic) bond motifs is 3. The van der Waals surface area contributed by atoms with Crippen LogP contribution in [-0.4, -0.2) is 35.3 Å². The van der Waals surface area contributed by atoms with E-state index >= 15 is 0 Å². The van der Waals surface area contributed by atoms with Crippen molar-refractivity contribution in [2.45, 2.75) is 18.9 Å². The van der Waals surface area contributed by atoms with E-state index in [4.69, 9.17) is 0 Å². The first-order chi connectivity index (χ1) is 17.5. The number of allylic oxidation sites excluding steroid dienone is 1. The number of carboxylic acids is 1. The van der Waals surface area contributed by atoms with E-state index in [0.717, 1.165) is 5.56 Å². The highest BCUT2D eigenvalue weighted by atomic mass is 16.4. The second-order valence-electron chi connectivity index (χ2n) is 8.51. The molecule has 3 aromatic carbocycles. The number of nitrogens with zero attached hydrogens (tertiary/aromatic N) is 2. The van der Waals surface area contributed by atoms with Crippen LogP contribution in [0.5, 0.6) is 0 Å². The van der Waals surface area contributed by atoms with Crippen LogP contribution in [0.25, 0.3) is 0 Å².